The van der Waals surface area contributed by atoms with E-state index in [-0.39, 0.29) is 18.1 Å². The molecule has 0 aromatic heterocycles. The number of fused-ring (bicyclic) bond motifs is 2. The number of aromatic hydroxyl groups is 1. The fourth-order valence-corrected chi connectivity index (χ4v) is 5.12. The molecule has 0 fully saturated rings. The lowest BCUT2D eigenvalue weighted by Gasteiger charge is -2.29. The molecule has 2 N–H and O–H groups in total. The first-order valence-electron chi connectivity index (χ1n) is 9.06. The predicted molar refractivity (Wildman–Crippen MR) is 116 cm³/mol. The van der Waals surface area contributed by atoms with Crippen LogP contribution in [0.2, 0.25) is 0 Å². The molecule has 29 heavy (non-hydrogen) atoms. The molecule has 4 rings (SSSR count). The van der Waals surface area contributed by atoms with Crippen molar-refractivity contribution < 1.29 is 19.4 Å². The number of Topliss-reactive ketones (excluding diaryl/α,β-unsaturated/α-hetero) is 1. The maximum Gasteiger partial charge on any atom is 0.336 e. The summed E-state index contributed by atoms with van der Waals surface area (Å²) in [5.74, 6) is -1.17. The van der Waals surface area contributed by atoms with Gasteiger partial charge in [-0.25, -0.2) is 4.79 Å². The minimum atomic E-state index is -0.626. The van der Waals surface area contributed by atoms with Gasteiger partial charge in [-0.05, 0) is 63.4 Å². The van der Waals surface area contributed by atoms with Crippen LogP contribution in [0.4, 0.5) is 0 Å². The fourth-order valence-electron chi connectivity index (χ4n) is 3.89. The van der Waals surface area contributed by atoms with Crippen molar-refractivity contribution in [3.63, 3.8) is 0 Å². The van der Waals surface area contributed by atoms with Crippen LogP contribution in [0.3, 0.4) is 0 Å². The third-order valence-electron chi connectivity index (χ3n) is 5.12. The number of hydrogen-bond acceptors (Lipinski definition) is 5. The van der Waals surface area contributed by atoms with Crippen LogP contribution in [0.1, 0.15) is 41.3 Å². The van der Waals surface area contributed by atoms with Gasteiger partial charge in [0.05, 0.1) is 26.8 Å². The molecule has 0 saturated heterocycles. The van der Waals surface area contributed by atoms with Gasteiger partial charge in [-0.3, -0.25) is 4.79 Å². The molecule has 1 atom stereocenters. The average Bonchev–Trinajstić information content (AvgIpc) is 2.97. The summed E-state index contributed by atoms with van der Waals surface area (Å²) in [5, 5.41) is 13.4. The molecule has 1 aliphatic heterocycles. The lowest BCUT2D eigenvalue weighted by atomic mass is 9.80. The topological polar surface area (TPSA) is 75.6 Å². The maximum atomic E-state index is 13.3. The maximum absolute atomic E-state index is 13.3. The number of carbonyl (C=O) groups excluding carboxylic acids is 2. The van der Waals surface area contributed by atoms with Gasteiger partial charge < -0.3 is 15.2 Å². The Morgan fingerprint density at radius 1 is 1.17 bits per heavy atom. The summed E-state index contributed by atoms with van der Waals surface area (Å²) in [4.78, 5) is 26.2. The smallest absolute Gasteiger partial charge is 0.336 e. The van der Waals surface area contributed by atoms with Gasteiger partial charge in [0.2, 0.25) is 0 Å². The monoisotopic (exact) mass is 517 g/mol. The van der Waals surface area contributed by atoms with Crippen LogP contribution < -0.4 is 5.32 Å². The van der Waals surface area contributed by atoms with Crippen molar-refractivity contribution in [1.82, 2.24) is 5.32 Å². The molecule has 0 bridgehead atoms. The number of benzene rings is 2. The molecule has 7 heteroatoms. The Hall–Kier alpha value is -2.38. The van der Waals surface area contributed by atoms with E-state index in [1.54, 1.807) is 32.0 Å². The molecule has 148 valence electrons. The van der Waals surface area contributed by atoms with Crippen LogP contribution in [-0.2, 0) is 9.53 Å². The number of dihydropyridines is 1. The van der Waals surface area contributed by atoms with E-state index in [4.69, 9.17) is 4.74 Å². The highest BCUT2D eigenvalue weighted by Gasteiger charge is 2.43. The summed E-state index contributed by atoms with van der Waals surface area (Å²) in [6.07, 6.45) is 0. The van der Waals surface area contributed by atoms with Gasteiger partial charge in [0, 0.05) is 28.3 Å². The molecule has 0 radical (unpaired) electrons. The second kappa shape index (κ2) is 7.46. The molecule has 2 aromatic rings. The van der Waals surface area contributed by atoms with Gasteiger partial charge in [0.25, 0.3) is 0 Å². The van der Waals surface area contributed by atoms with Crippen molar-refractivity contribution in [2.24, 2.45) is 0 Å². The number of nitrogens with one attached hydrogen (secondary N) is 1. The van der Waals surface area contributed by atoms with E-state index in [1.165, 1.54) is 0 Å². The fraction of sp³-hybridized carbons (Fsp3) is 0.182. The summed E-state index contributed by atoms with van der Waals surface area (Å²) in [6, 6.07) is 10.8. The number of hydrogen-bond donors (Lipinski definition) is 2. The number of halogens is 2. The van der Waals surface area contributed by atoms with Crippen LogP contribution in [0, 0.1) is 0 Å². The lowest BCUT2D eigenvalue weighted by molar-refractivity contribution is -0.138. The van der Waals surface area contributed by atoms with Gasteiger partial charge in [0.15, 0.2) is 5.78 Å². The Bertz CT molecular complexity index is 1110. The first-order valence-corrected chi connectivity index (χ1v) is 10.6. The van der Waals surface area contributed by atoms with Gasteiger partial charge >= 0.3 is 5.97 Å². The molecule has 0 spiro atoms. The summed E-state index contributed by atoms with van der Waals surface area (Å²) in [6.45, 7) is 3.78. The summed E-state index contributed by atoms with van der Waals surface area (Å²) < 4.78 is 6.23. The van der Waals surface area contributed by atoms with E-state index < -0.39 is 11.9 Å². The molecule has 0 unspecified atom stereocenters. The van der Waals surface area contributed by atoms with Crippen molar-refractivity contribution in [2.75, 3.05) is 6.61 Å². The number of ether oxygens (including phenoxy) is 1. The molecule has 1 heterocycles. The minimum Gasteiger partial charge on any atom is -0.506 e. The highest BCUT2D eigenvalue weighted by molar-refractivity contribution is 9.11. The Kier molecular flexibility index (Phi) is 5.12. The summed E-state index contributed by atoms with van der Waals surface area (Å²) in [7, 11) is 0. The van der Waals surface area contributed by atoms with Gasteiger partial charge in [-0.15, -0.1) is 0 Å². The molecule has 0 saturated carbocycles. The molecule has 2 aromatic carbocycles. The van der Waals surface area contributed by atoms with Crippen molar-refractivity contribution in [3.05, 3.63) is 78.9 Å². The number of esters is 1. The third kappa shape index (κ3) is 3.13. The first kappa shape index (κ1) is 19.9. The normalized spacial score (nSPS) is 17.8. The SMILES string of the molecule is CCOC(=O)C1=C(C)NC2=C(C(=O)c3ccccc32)[C@@H]1c1cc(Br)c(O)c(Br)c1. The largest absolute Gasteiger partial charge is 0.506 e. The van der Waals surface area contributed by atoms with E-state index >= 15 is 0 Å². The first-order chi connectivity index (χ1) is 13.8. The van der Waals surface area contributed by atoms with E-state index in [1.807, 2.05) is 18.2 Å². The highest BCUT2D eigenvalue weighted by atomic mass is 79.9. The van der Waals surface area contributed by atoms with Gasteiger partial charge in [-0.2, -0.15) is 0 Å². The van der Waals surface area contributed by atoms with Crippen molar-refractivity contribution in [3.8, 4) is 5.75 Å². The molecular weight excluding hydrogens is 502 g/mol. The van der Waals surface area contributed by atoms with E-state index in [2.05, 4.69) is 37.2 Å². The average molecular weight is 519 g/mol. The number of rotatable bonds is 3. The number of allylic oxidation sites excluding steroid dienone is 2. The second-order valence-corrected chi connectivity index (χ2v) is 8.52. The molecule has 1 aliphatic carbocycles. The second-order valence-electron chi connectivity index (χ2n) is 6.81. The third-order valence-corrected chi connectivity index (χ3v) is 6.33. The van der Waals surface area contributed by atoms with Crippen LogP contribution in [0.25, 0.3) is 5.70 Å². The van der Waals surface area contributed by atoms with E-state index in [0.29, 0.717) is 42.6 Å². The van der Waals surface area contributed by atoms with Crippen LogP contribution >= 0.6 is 31.9 Å². The number of ketones is 1. The Labute approximate surface area is 184 Å². The molecule has 5 nitrogen and oxygen atoms in total. The van der Waals surface area contributed by atoms with Crippen LogP contribution in [-0.4, -0.2) is 23.5 Å². The molecular formula is C22H17Br2NO4. The van der Waals surface area contributed by atoms with Crippen LogP contribution in [0.5, 0.6) is 5.75 Å². The summed E-state index contributed by atoms with van der Waals surface area (Å²) in [5.41, 5.74) is 4.35. The highest BCUT2D eigenvalue weighted by Crippen LogP contribution is 2.48. The Morgan fingerprint density at radius 2 is 1.79 bits per heavy atom. The van der Waals surface area contributed by atoms with Gasteiger partial charge in [0.1, 0.15) is 5.75 Å². The zero-order valence-electron chi connectivity index (χ0n) is 15.7. The molecule has 2 aliphatic rings. The zero-order valence-corrected chi connectivity index (χ0v) is 18.8. The lowest BCUT2D eigenvalue weighted by Crippen LogP contribution is -2.29. The number of carbonyl (C=O) groups is 2. The predicted octanol–water partition coefficient (Wildman–Crippen LogP) is 5.05. The molecule has 0 amide bonds. The van der Waals surface area contributed by atoms with Crippen molar-refractivity contribution >= 4 is 49.3 Å². The van der Waals surface area contributed by atoms with Crippen molar-refractivity contribution in [1.29, 1.82) is 0 Å². The number of phenols is 1. The van der Waals surface area contributed by atoms with E-state index in [9.17, 15) is 14.7 Å². The Balaban J connectivity index is 1.97. The van der Waals surface area contributed by atoms with Crippen molar-refractivity contribution in [2.45, 2.75) is 19.8 Å². The Morgan fingerprint density at radius 3 is 2.41 bits per heavy atom. The standard InChI is InChI=1S/C22H17Br2NO4/c1-3-29-22(28)16-10(2)25-19-12-6-4-5-7-13(12)20(26)18(19)17(16)11-8-14(23)21(27)15(24)9-11/h4-9,17,25,27H,3H2,1-2H3/t17-/m1/s1. The van der Waals surface area contributed by atoms with Crippen LogP contribution in [0.15, 0.2) is 62.2 Å². The summed E-state index contributed by atoms with van der Waals surface area (Å²) >= 11 is 6.71. The van der Waals surface area contributed by atoms with E-state index in [0.717, 1.165) is 5.56 Å². The quantitative estimate of drug-likeness (QED) is 0.556. The zero-order chi connectivity index (χ0) is 20.9. The minimum absolute atomic E-state index is 0.0521. The number of phenolic OH excluding ortho intramolecular Hbond substituents is 1. The van der Waals surface area contributed by atoms with Gasteiger partial charge in [-0.1, -0.05) is 24.3 Å².